The zero-order valence-corrected chi connectivity index (χ0v) is 21.1. The maximum atomic E-state index is 9.66. The molecule has 3 saturated heterocycles. The third-order valence-electron chi connectivity index (χ3n) is 8.89. The molecule has 0 bridgehead atoms. The summed E-state index contributed by atoms with van der Waals surface area (Å²) in [6.07, 6.45) is 19.4. The Kier molecular flexibility index (Phi) is 8.66. The summed E-state index contributed by atoms with van der Waals surface area (Å²) < 4.78 is 30.9. The lowest BCUT2D eigenvalue weighted by Crippen LogP contribution is -2.32. The van der Waals surface area contributed by atoms with E-state index in [1.807, 2.05) is 0 Å². The summed E-state index contributed by atoms with van der Waals surface area (Å²) in [5.74, 6) is 1.49. The molecule has 6 nitrogen and oxygen atoms in total. The maximum absolute atomic E-state index is 9.66. The summed E-state index contributed by atoms with van der Waals surface area (Å²) >= 11 is 0. The van der Waals surface area contributed by atoms with Gasteiger partial charge >= 0.3 is 0 Å². The minimum Gasteiger partial charge on any atom is -0.394 e. The predicted octanol–water partition coefficient (Wildman–Crippen LogP) is 5.12. The number of epoxide rings is 1. The molecule has 0 radical (unpaired) electrons. The highest BCUT2D eigenvalue weighted by molar-refractivity contribution is 5.17. The van der Waals surface area contributed by atoms with E-state index < -0.39 is 0 Å². The quantitative estimate of drug-likeness (QED) is 0.252. The van der Waals surface area contributed by atoms with Gasteiger partial charge in [0.1, 0.15) is 6.10 Å². The van der Waals surface area contributed by atoms with Crippen molar-refractivity contribution in [1.29, 1.82) is 0 Å². The molecule has 1 spiro atoms. The van der Waals surface area contributed by atoms with Gasteiger partial charge in [-0.1, -0.05) is 38.3 Å². The Balaban J connectivity index is 1.27. The molecule has 3 unspecified atom stereocenters. The lowest BCUT2D eigenvalue weighted by molar-refractivity contribution is -0.193. The Labute approximate surface area is 205 Å². The van der Waals surface area contributed by atoms with E-state index in [1.165, 1.54) is 32.1 Å². The van der Waals surface area contributed by atoms with Crippen molar-refractivity contribution in [2.24, 2.45) is 17.8 Å². The number of ether oxygens (including phenoxy) is 5. The van der Waals surface area contributed by atoms with Crippen LogP contribution in [0.5, 0.6) is 0 Å². The van der Waals surface area contributed by atoms with E-state index in [4.69, 9.17) is 23.7 Å². The topological polar surface area (TPSA) is 69.7 Å². The number of fused-ring (bicyclic) bond motifs is 1. The van der Waals surface area contributed by atoms with E-state index in [0.29, 0.717) is 17.8 Å². The molecule has 3 aliphatic heterocycles. The first kappa shape index (κ1) is 25.2. The van der Waals surface area contributed by atoms with Crippen LogP contribution in [0.15, 0.2) is 12.2 Å². The Morgan fingerprint density at radius 2 is 1.82 bits per heavy atom. The number of hydrogen-bond donors (Lipinski definition) is 1. The molecule has 9 atom stereocenters. The third-order valence-corrected chi connectivity index (χ3v) is 8.89. The predicted molar refractivity (Wildman–Crippen MR) is 129 cm³/mol. The van der Waals surface area contributed by atoms with Crippen LogP contribution in [0, 0.1) is 17.8 Å². The van der Waals surface area contributed by atoms with Crippen LogP contribution in [-0.4, -0.2) is 61.4 Å². The molecule has 6 heteroatoms. The van der Waals surface area contributed by atoms with Gasteiger partial charge < -0.3 is 28.8 Å². The molecule has 1 N–H and O–H groups in total. The van der Waals surface area contributed by atoms with Gasteiger partial charge in [-0.25, -0.2) is 0 Å². The van der Waals surface area contributed by atoms with E-state index in [1.54, 1.807) is 0 Å². The molecule has 2 aliphatic carbocycles. The Bertz CT molecular complexity index is 657. The van der Waals surface area contributed by atoms with E-state index >= 15 is 0 Å². The van der Waals surface area contributed by atoms with Gasteiger partial charge in [0.2, 0.25) is 0 Å². The minimum atomic E-state index is -0.0740. The van der Waals surface area contributed by atoms with Gasteiger partial charge in [0.15, 0.2) is 12.6 Å². The molecule has 2 saturated carbocycles. The van der Waals surface area contributed by atoms with Crippen molar-refractivity contribution in [1.82, 2.24) is 0 Å². The fraction of sp³-hybridized carbons (Fsp3) is 0.929. The van der Waals surface area contributed by atoms with E-state index in [0.717, 1.165) is 64.6 Å². The van der Waals surface area contributed by atoms with Crippen LogP contribution in [-0.2, 0) is 23.7 Å². The zero-order valence-electron chi connectivity index (χ0n) is 21.1. The van der Waals surface area contributed by atoms with Crippen LogP contribution < -0.4 is 0 Å². The summed E-state index contributed by atoms with van der Waals surface area (Å²) in [7, 11) is 0. The van der Waals surface area contributed by atoms with Gasteiger partial charge in [-0.2, -0.15) is 0 Å². The molecule has 0 aromatic rings. The standard InChI is InChI=1S/C28H46O6/c1-2-3-4-9-21(32-26-10-5-7-14-30-26)12-13-22-23-18-28(25(19-29)34-28)17-20(23)16-24(22)33-27-11-6-8-15-31-27/h12-13,20-27,29H,2-11,14-19H2,1H3/b13-12+/t20-,21+,22-,23+,24-,25-,26?,27?,28?/m1/s1. The van der Waals surface area contributed by atoms with Gasteiger partial charge in [-0.3, -0.25) is 0 Å². The third kappa shape index (κ3) is 5.90. The molecule has 0 aromatic carbocycles. The summed E-state index contributed by atoms with van der Waals surface area (Å²) in [6.45, 7) is 4.02. The Morgan fingerprint density at radius 3 is 2.50 bits per heavy atom. The lowest BCUT2D eigenvalue weighted by atomic mass is 9.89. The first-order valence-corrected chi connectivity index (χ1v) is 14.2. The molecular weight excluding hydrogens is 432 g/mol. The highest BCUT2D eigenvalue weighted by Gasteiger charge is 2.65. The monoisotopic (exact) mass is 478 g/mol. The van der Waals surface area contributed by atoms with Crippen molar-refractivity contribution in [3.63, 3.8) is 0 Å². The van der Waals surface area contributed by atoms with Gasteiger partial charge in [-0.05, 0) is 76.0 Å². The second-order valence-corrected chi connectivity index (χ2v) is 11.3. The van der Waals surface area contributed by atoms with Crippen molar-refractivity contribution in [2.45, 2.75) is 127 Å². The molecule has 34 heavy (non-hydrogen) atoms. The van der Waals surface area contributed by atoms with Crippen LogP contribution in [0.2, 0.25) is 0 Å². The first-order valence-electron chi connectivity index (χ1n) is 14.2. The molecular formula is C28H46O6. The molecule has 0 amide bonds. The summed E-state index contributed by atoms with van der Waals surface area (Å²) in [5.41, 5.74) is -0.0740. The number of aliphatic hydroxyl groups excluding tert-OH is 1. The average Bonchev–Trinajstić information content (AvgIpc) is 3.29. The van der Waals surface area contributed by atoms with Crippen molar-refractivity contribution in [3.05, 3.63) is 12.2 Å². The molecule has 0 aromatic heterocycles. The van der Waals surface area contributed by atoms with Crippen molar-refractivity contribution in [2.75, 3.05) is 19.8 Å². The summed E-state index contributed by atoms with van der Waals surface area (Å²) in [5, 5.41) is 9.66. The number of hydrogen-bond acceptors (Lipinski definition) is 6. The lowest BCUT2D eigenvalue weighted by Gasteiger charge is -2.30. The molecule has 5 rings (SSSR count). The maximum Gasteiger partial charge on any atom is 0.158 e. The largest absolute Gasteiger partial charge is 0.394 e. The fourth-order valence-electron chi connectivity index (χ4n) is 6.99. The van der Waals surface area contributed by atoms with Crippen molar-refractivity contribution < 1.29 is 28.8 Å². The van der Waals surface area contributed by atoms with Gasteiger partial charge in [0.05, 0.1) is 24.4 Å². The van der Waals surface area contributed by atoms with Crippen molar-refractivity contribution in [3.8, 4) is 0 Å². The SMILES string of the molecule is CCCCC[C@@H](/C=C/[C@@H]1[C@H]2CC3(C[C@H]2C[C@H]1OC1CCCCO1)O[C@@H]3CO)OC1CCCCO1. The fourth-order valence-corrected chi connectivity index (χ4v) is 6.99. The molecule has 3 heterocycles. The molecule has 5 aliphatic rings. The van der Waals surface area contributed by atoms with Crippen LogP contribution in [0.25, 0.3) is 0 Å². The number of rotatable bonds is 11. The number of unbranched alkanes of at least 4 members (excludes halogenated alkanes) is 2. The van der Waals surface area contributed by atoms with E-state index in [-0.39, 0.29) is 43.1 Å². The number of aliphatic hydroxyl groups is 1. The van der Waals surface area contributed by atoms with Crippen LogP contribution in [0.1, 0.15) is 90.4 Å². The second kappa shape index (κ2) is 11.7. The molecule has 194 valence electrons. The second-order valence-electron chi connectivity index (χ2n) is 11.3. The smallest absolute Gasteiger partial charge is 0.158 e. The van der Waals surface area contributed by atoms with Crippen molar-refractivity contribution >= 4 is 0 Å². The van der Waals surface area contributed by atoms with Gasteiger partial charge in [-0.15, -0.1) is 0 Å². The average molecular weight is 479 g/mol. The minimum absolute atomic E-state index is 0.0392. The normalized spacial score (nSPS) is 42.9. The summed E-state index contributed by atoms with van der Waals surface area (Å²) in [6, 6.07) is 0. The van der Waals surface area contributed by atoms with E-state index in [2.05, 4.69) is 19.1 Å². The highest BCUT2D eigenvalue weighted by atomic mass is 16.7. The van der Waals surface area contributed by atoms with Crippen LogP contribution in [0.3, 0.4) is 0 Å². The van der Waals surface area contributed by atoms with Crippen LogP contribution in [0.4, 0.5) is 0 Å². The Hall–Kier alpha value is -0.500. The van der Waals surface area contributed by atoms with Gasteiger partial charge in [0, 0.05) is 19.1 Å². The zero-order chi connectivity index (χ0) is 23.4. The van der Waals surface area contributed by atoms with Crippen LogP contribution >= 0.6 is 0 Å². The Morgan fingerprint density at radius 1 is 1.03 bits per heavy atom. The highest BCUT2D eigenvalue weighted by Crippen LogP contribution is 2.61. The first-order chi connectivity index (χ1) is 16.7. The van der Waals surface area contributed by atoms with Gasteiger partial charge in [0.25, 0.3) is 0 Å². The van der Waals surface area contributed by atoms with E-state index in [9.17, 15) is 5.11 Å². The summed E-state index contributed by atoms with van der Waals surface area (Å²) in [4.78, 5) is 0. The molecule has 5 fully saturated rings.